The Hall–Kier alpha value is -3.25. The molecule has 0 fully saturated rings. The van der Waals surface area contributed by atoms with Crippen LogP contribution in [0.2, 0.25) is 0 Å². The number of benzene rings is 3. The quantitative estimate of drug-likeness (QED) is 0.478. The topological polar surface area (TPSA) is 89.3 Å². The van der Waals surface area contributed by atoms with Crippen molar-refractivity contribution in [3.8, 4) is 0 Å². The number of nitrogen functional groups attached to an aromatic ring is 1. The number of amides is 1. The number of fused-ring (bicyclic) bond motifs is 2. The van der Waals surface area contributed by atoms with E-state index in [0.717, 1.165) is 0 Å². The maximum atomic E-state index is 13.0. The van der Waals surface area contributed by atoms with E-state index in [1.807, 2.05) is 0 Å². The van der Waals surface area contributed by atoms with Crippen LogP contribution in [-0.4, -0.2) is 17.5 Å². The minimum absolute atomic E-state index is 0.181. The molecular formula is C21H13BrN2O3. The number of nitrogens with one attached hydrogen (secondary N) is 1. The molecule has 0 aliphatic heterocycles. The largest absolute Gasteiger partial charge is 0.398 e. The molecule has 0 atom stereocenters. The van der Waals surface area contributed by atoms with Crippen LogP contribution < -0.4 is 11.1 Å². The summed E-state index contributed by atoms with van der Waals surface area (Å²) < 4.78 is 0.632. The van der Waals surface area contributed by atoms with E-state index in [2.05, 4.69) is 21.2 Å². The van der Waals surface area contributed by atoms with Crippen LogP contribution in [0.1, 0.15) is 42.2 Å². The number of rotatable bonds is 2. The lowest BCUT2D eigenvalue weighted by Gasteiger charge is -2.21. The number of ketones is 2. The third-order valence-electron chi connectivity index (χ3n) is 4.47. The second-order valence-electron chi connectivity index (χ2n) is 6.09. The van der Waals surface area contributed by atoms with Crippen LogP contribution in [0.4, 0.5) is 11.4 Å². The first-order valence-electron chi connectivity index (χ1n) is 8.16. The molecule has 6 heteroatoms. The van der Waals surface area contributed by atoms with Crippen molar-refractivity contribution in [3.63, 3.8) is 0 Å². The summed E-state index contributed by atoms with van der Waals surface area (Å²) in [6, 6.07) is 16.6. The Labute approximate surface area is 163 Å². The van der Waals surface area contributed by atoms with Crippen molar-refractivity contribution in [2.75, 3.05) is 11.1 Å². The summed E-state index contributed by atoms with van der Waals surface area (Å²) >= 11 is 3.34. The van der Waals surface area contributed by atoms with Gasteiger partial charge in [-0.05, 0) is 40.2 Å². The predicted octanol–water partition coefficient (Wildman–Crippen LogP) is 4.06. The second kappa shape index (κ2) is 6.48. The van der Waals surface area contributed by atoms with Crippen molar-refractivity contribution in [1.29, 1.82) is 0 Å². The molecule has 4 rings (SSSR count). The van der Waals surface area contributed by atoms with Gasteiger partial charge in [0.2, 0.25) is 0 Å². The molecule has 3 aromatic carbocycles. The smallest absolute Gasteiger partial charge is 0.256 e. The molecule has 0 spiro atoms. The molecule has 1 amide bonds. The Morgan fingerprint density at radius 1 is 0.815 bits per heavy atom. The molecule has 27 heavy (non-hydrogen) atoms. The molecular weight excluding hydrogens is 408 g/mol. The first-order valence-corrected chi connectivity index (χ1v) is 8.95. The summed E-state index contributed by atoms with van der Waals surface area (Å²) in [4.78, 5) is 38.6. The maximum absolute atomic E-state index is 13.0. The molecule has 0 aromatic heterocycles. The van der Waals surface area contributed by atoms with Gasteiger partial charge in [-0.3, -0.25) is 14.4 Å². The Balaban J connectivity index is 1.81. The average molecular weight is 421 g/mol. The highest BCUT2D eigenvalue weighted by Gasteiger charge is 2.33. The van der Waals surface area contributed by atoms with E-state index in [1.54, 1.807) is 60.7 Å². The van der Waals surface area contributed by atoms with E-state index >= 15 is 0 Å². The highest BCUT2D eigenvalue weighted by molar-refractivity contribution is 9.10. The maximum Gasteiger partial charge on any atom is 0.256 e. The zero-order valence-corrected chi connectivity index (χ0v) is 15.5. The summed E-state index contributed by atoms with van der Waals surface area (Å²) in [5, 5.41) is 2.75. The van der Waals surface area contributed by atoms with E-state index in [4.69, 9.17) is 5.73 Å². The fourth-order valence-corrected chi connectivity index (χ4v) is 3.67. The van der Waals surface area contributed by atoms with Gasteiger partial charge in [0.1, 0.15) is 0 Å². The molecule has 5 nitrogen and oxygen atoms in total. The summed E-state index contributed by atoms with van der Waals surface area (Å²) in [6.45, 7) is 0. The fourth-order valence-electron chi connectivity index (χ4n) is 3.21. The molecule has 0 unspecified atom stereocenters. The van der Waals surface area contributed by atoms with Crippen molar-refractivity contribution in [2.45, 2.75) is 0 Å². The van der Waals surface area contributed by atoms with Gasteiger partial charge < -0.3 is 11.1 Å². The van der Waals surface area contributed by atoms with Gasteiger partial charge in [-0.15, -0.1) is 0 Å². The second-order valence-corrected chi connectivity index (χ2v) is 6.94. The van der Waals surface area contributed by atoms with Gasteiger partial charge >= 0.3 is 0 Å². The first-order chi connectivity index (χ1) is 13.0. The summed E-state index contributed by atoms with van der Waals surface area (Å²) in [7, 11) is 0. The Morgan fingerprint density at radius 3 is 2.19 bits per heavy atom. The number of carbonyl (C=O) groups excluding carboxylic acids is 3. The van der Waals surface area contributed by atoms with Crippen molar-refractivity contribution in [2.24, 2.45) is 0 Å². The third kappa shape index (κ3) is 2.74. The molecule has 0 radical (unpaired) electrons. The number of hydrogen-bond acceptors (Lipinski definition) is 4. The number of carbonyl (C=O) groups is 3. The lowest BCUT2D eigenvalue weighted by Crippen LogP contribution is -2.25. The molecule has 0 heterocycles. The number of nitrogens with two attached hydrogens (primary N) is 1. The van der Waals surface area contributed by atoms with Gasteiger partial charge in [0.15, 0.2) is 11.6 Å². The Morgan fingerprint density at radius 2 is 1.44 bits per heavy atom. The van der Waals surface area contributed by atoms with Crippen molar-refractivity contribution < 1.29 is 14.4 Å². The van der Waals surface area contributed by atoms with Gasteiger partial charge in [0, 0.05) is 21.3 Å². The van der Waals surface area contributed by atoms with Crippen LogP contribution in [0.3, 0.4) is 0 Å². The summed E-state index contributed by atoms with van der Waals surface area (Å²) in [6.07, 6.45) is 0. The van der Waals surface area contributed by atoms with Crippen LogP contribution in [0.25, 0.3) is 0 Å². The number of anilines is 2. The van der Waals surface area contributed by atoms with Crippen LogP contribution >= 0.6 is 15.9 Å². The zero-order valence-electron chi connectivity index (χ0n) is 14.0. The third-order valence-corrected chi connectivity index (χ3v) is 5.16. The van der Waals surface area contributed by atoms with Crippen molar-refractivity contribution in [3.05, 3.63) is 93.0 Å². The Kier molecular flexibility index (Phi) is 4.12. The van der Waals surface area contributed by atoms with Gasteiger partial charge in [-0.2, -0.15) is 0 Å². The lowest BCUT2D eigenvalue weighted by molar-refractivity contribution is 0.0979. The molecule has 0 saturated heterocycles. The molecule has 1 aliphatic carbocycles. The molecule has 0 saturated carbocycles. The molecule has 132 valence electrons. The van der Waals surface area contributed by atoms with Crippen LogP contribution in [0.5, 0.6) is 0 Å². The van der Waals surface area contributed by atoms with E-state index in [9.17, 15) is 14.4 Å². The molecule has 3 N–H and O–H groups in total. The van der Waals surface area contributed by atoms with Crippen molar-refractivity contribution in [1.82, 2.24) is 0 Å². The molecule has 3 aromatic rings. The highest BCUT2D eigenvalue weighted by Crippen LogP contribution is 2.34. The normalized spacial score (nSPS) is 12.3. The monoisotopic (exact) mass is 420 g/mol. The fraction of sp³-hybridized carbons (Fsp3) is 0. The minimum atomic E-state index is -0.380. The van der Waals surface area contributed by atoms with E-state index in [1.165, 1.54) is 0 Å². The minimum Gasteiger partial charge on any atom is -0.398 e. The predicted molar refractivity (Wildman–Crippen MR) is 106 cm³/mol. The van der Waals surface area contributed by atoms with Crippen molar-refractivity contribution >= 4 is 44.8 Å². The lowest BCUT2D eigenvalue weighted by atomic mass is 9.82. The first kappa shape index (κ1) is 17.2. The molecule has 1 aliphatic rings. The summed E-state index contributed by atoms with van der Waals surface area (Å²) in [5.74, 6) is -1.04. The average Bonchev–Trinajstić information content (AvgIpc) is 2.66. The van der Waals surface area contributed by atoms with E-state index in [-0.39, 0.29) is 45.4 Å². The highest BCUT2D eigenvalue weighted by atomic mass is 79.9. The van der Waals surface area contributed by atoms with Crippen LogP contribution in [0.15, 0.2) is 65.1 Å². The SMILES string of the molecule is Nc1cccc2c1C(=O)c1cccc(NC(=O)c3ccccc3Br)c1C2=O. The van der Waals surface area contributed by atoms with Gasteiger partial charge in [0.05, 0.1) is 22.4 Å². The van der Waals surface area contributed by atoms with Gasteiger partial charge in [-0.1, -0.05) is 36.4 Å². The molecule has 0 bridgehead atoms. The Bertz CT molecular complexity index is 1140. The summed E-state index contributed by atoms with van der Waals surface area (Å²) in [5.41, 5.74) is 7.77. The van der Waals surface area contributed by atoms with Gasteiger partial charge in [-0.25, -0.2) is 0 Å². The zero-order chi connectivity index (χ0) is 19.1. The van der Waals surface area contributed by atoms with E-state index < -0.39 is 0 Å². The number of hydrogen-bond donors (Lipinski definition) is 2. The van der Waals surface area contributed by atoms with Crippen LogP contribution in [-0.2, 0) is 0 Å². The van der Waals surface area contributed by atoms with Gasteiger partial charge in [0.25, 0.3) is 5.91 Å². The standard InChI is InChI=1S/C21H13BrN2O3/c22-14-8-2-1-5-11(14)21(27)24-16-10-4-7-13-18(16)20(26)12-6-3-9-15(23)17(12)19(13)25/h1-10H,23H2,(H,24,27). The van der Waals surface area contributed by atoms with E-state index in [0.29, 0.717) is 15.7 Å². The van der Waals surface area contributed by atoms with Crippen LogP contribution in [0, 0.1) is 0 Å². The number of halogens is 1.